The van der Waals surface area contributed by atoms with Crippen molar-refractivity contribution < 1.29 is 18.4 Å². The van der Waals surface area contributed by atoms with Crippen molar-refractivity contribution in [2.24, 2.45) is 5.92 Å². The van der Waals surface area contributed by atoms with Gasteiger partial charge in [-0.2, -0.15) is 20.3 Å². The van der Waals surface area contributed by atoms with Crippen molar-refractivity contribution >= 4 is 28.5 Å². The molecule has 2 saturated heterocycles. The maximum absolute atomic E-state index is 15.6. The first-order chi connectivity index (χ1) is 27.9. The molecule has 58 heavy (non-hydrogen) atoms. The Morgan fingerprint density at radius 2 is 1.83 bits per heavy atom. The lowest BCUT2D eigenvalue weighted by atomic mass is 9.75. The summed E-state index contributed by atoms with van der Waals surface area (Å²) < 4.78 is 34.5. The maximum Gasteiger partial charge on any atom is 0.267 e. The molecule has 16 heteroatoms. The molecule has 4 aromatic heterocycles. The van der Waals surface area contributed by atoms with E-state index in [9.17, 15) is 20.1 Å². The van der Waals surface area contributed by atoms with Crippen LogP contribution in [-0.4, -0.2) is 83.1 Å². The van der Waals surface area contributed by atoms with Crippen molar-refractivity contribution in [2.45, 2.75) is 94.4 Å². The van der Waals surface area contributed by atoms with Crippen LogP contribution in [-0.2, 0) is 15.0 Å². The number of nitrogens with zero attached hydrogens (tertiary/aromatic N) is 10. The van der Waals surface area contributed by atoms with Crippen LogP contribution in [0.3, 0.4) is 0 Å². The largest absolute Gasteiger partial charge is 0.368 e. The molecular weight excluding hydrogens is 743 g/mol. The number of rotatable bonds is 10. The van der Waals surface area contributed by atoms with Crippen molar-refractivity contribution in [3.05, 3.63) is 83.6 Å². The number of carbonyl (C=O) groups excluding carboxylic acids is 2. The molecule has 1 aliphatic carbocycles. The number of likely N-dealkylation sites (tertiary alicyclic amines) is 1. The molecule has 0 spiro atoms. The van der Waals surface area contributed by atoms with Crippen molar-refractivity contribution in [1.82, 2.24) is 45.0 Å². The zero-order valence-corrected chi connectivity index (χ0v) is 32.4. The van der Waals surface area contributed by atoms with E-state index in [1.165, 1.54) is 6.20 Å². The minimum absolute atomic E-state index is 0.218. The van der Waals surface area contributed by atoms with E-state index >= 15 is 8.78 Å². The summed E-state index contributed by atoms with van der Waals surface area (Å²) in [5, 5.41) is 38.6. The van der Waals surface area contributed by atoms with E-state index in [1.54, 1.807) is 72.0 Å². The molecule has 0 bridgehead atoms. The van der Waals surface area contributed by atoms with Crippen molar-refractivity contribution in [3.8, 4) is 23.6 Å². The van der Waals surface area contributed by atoms with E-state index in [4.69, 9.17) is 0 Å². The van der Waals surface area contributed by atoms with E-state index in [0.717, 1.165) is 43.4 Å². The molecule has 8 rings (SSSR count). The van der Waals surface area contributed by atoms with Crippen molar-refractivity contribution in [2.75, 3.05) is 25.0 Å². The Morgan fingerprint density at radius 3 is 2.55 bits per heavy atom. The molecule has 3 atom stereocenters. The third kappa shape index (κ3) is 7.64. The monoisotopic (exact) mass is 786 g/mol. The van der Waals surface area contributed by atoms with Gasteiger partial charge in [0, 0.05) is 30.0 Å². The minimum Gasteiger partial charge on any atom is -0.368 e. The number of aromatic nitrogens is 7. The number of amides is 2. The van der Waals surface area contributed by atoms with Gasteiger partial charge < -0.3 is 5.32 Å². The second-order valence-electron chi connectivity index (χ2n) is 16.2. The summed E-state index contributed by atoms with van der Waals surface area (Å²) in [6, 6.07) is 14.3. The van der Waals surface area contributed by atoms with Gasteiger partial charge >= 0.3 is 0 Å². The average molecular weight is 787 g/mol. The van der Waals surface area contributed by atoms with Gasteiger partial charge in [0.15, 0.2) is 11.5 Å². The number of hydrogen-bond donors (Lipinski definition) is 2. The molecule has 3 aliphatic rings. The van der Waals surface area contributed by atoms with Crippen LogP contribution < -0.4 is 10.6 Å². The molecule has 3 fully saturated rings. The normalized spacial score (nSPS) is 24.1. The SMILES string of the molecule is C[C@H](C#N)Nc1cc(-n2ncc3cc(C#N)cnc32)ncc1-n1cc(C2CCC(CCN3CC[C@@H](c4ccc([C@@]5(C)CCC(=O)NC5=O)cc4)C(F)(F)C3)CC2)nn1. The lowest BCUT2D eigenvalue weighted by Crippen LogP contribution is -2.49. The second kappa shape index (κ2) is 15.7. The number of fused-ring (bicyclic) bond motifs is 1. The predicted molar refractivity (Wildman–Crippen MR) is 209 cm³/mol. The number of nitrogens with one attached hydrogen (secondary N) is 2. The molecule has 6 heterocycles. The van der Waals surface area contributed by atoms with Crippen LogP contribution in [0.25, 0.3) is 22.5 Å². The average Bonchev–Trinajstić information content (AvgIpc) is 3.89. The number of benzene rings is 1. The van der Waals surface area contributed by atoms with Crippen LogP contribution in [0.5, 0.6) is 0 Å². The highest BCUT2D eigenvalue weighted by Gasteiger charge is 2.46. The summed E-state index contributed by atoms with van der Waals surface area (Å²) in [5.41, 5.74) is 3.53. The quantitative estimate of drug-likeness (QED) is 0.157. The molecule has 2 aliphatic heterocycles. The first kappa shape index (κ1) is 38.7. The molecule has 2 N–H and O–H groups in total. The van der Waals surface area contributed by atoms with Crippen molar-refractivity contribution in [1.29, 1.82) is 10.5 Å². The van der Waals surface area contributed by atoms with E-state index in [2.05, 4.69) is 48.2 Å². The molecule has 5 aromatic rings. The number of halogens is 2. The van der Waals surface area contributed by atoms with Crippen LogP contribution in [0.15, 0.2) is 61.2 Å². The van der Waals surface area contributed by atoms with E-state index in [1.807, 2.05) is 11.1 Å². The smallest absolute Gasteiger partial charge is 0.267 e. The fourth-order valence-corrected chi connectivity index (χ4v) is 8.73. The number of nitriles is 2. The lowest BCUT2D eigenvalue weighted by molar-refractivity contribution is -0.137. The highest BCUT2D eigenvalue weighted by molar-refractivity contribution is 6.03. The number of alkyl halides is 2. The molecule has 0 radical (unpaired) electrons. The van der Waals surface area contributed by atoms with Crippen molar-refractivity contribution in [3.63, 3.8) is 0 Å². The zero-order valence-electron chi connectivity index (χ0n) is 32.4. The third-order valence-corrected chi connectivity index (χ3v) is 12.3. The molecule has 14 nitrogen and oxygen atoms in total. The highest BCUT2D eigenvalue weighted by atomic mass is 19.3. The first-order valence-corrected chi connectivity index (χ1v) is 19.8. The summed E-state index contributed by atoms with van der Waals surface area (Å²) in [5.74, 6) is -3.27. The highest BCUT2D eigenvalue weighted by Crippen LogP contribution is 2.42. The summed E-state index contributed by atoms with van der Waals surface area (Å²) in [4.78, 5) is 35.2. The fourth-order valence-electron chi connectivity index (χ4n) is 8.73. The minimum atomic E-state index is -2.88. The molecule has 2 amide bonds. The van der Waals surface area contributed by atoms with Gasteiger partial charge in [0.1, 0.15) is 17.8 Å². The Bertz CT molecular complexity index is 2420. The Balaban J connectivity index is 0.860. The van der Waals surface area contributed by atoms with Gasteiger partial charge in [-0.1, -0.05) is 29.5 Å². The van der Waals surface area contributed by atoms with Gasteiger partial charge in [-0.15, -0.1) is 5.10 Å². The number of imide groups is 1. The molecule has 0 unspecified atom stereocenters. The van der Waals surface area contributed by atoms with Crippen LogP contribution in [0.4, 0.5) is 14.5 Å². The number of hydrogen-bond acceptors (Lipinski definition) is 11. The molecule has 1 saturated carbocycles. The predicted octanol–water partition coefficient (Wildman–Crippen LogP) is 6.07. The van der Waals surface area contributed by atoms with E-state index in [-0.39, 0.29) is 30.7 Å². The summed E-state index contributed by atoms with van der Waals surface area (Å²) >= 11 is 0. The molecule has 1 aromatic carbocycles. The summed E-state index contributed by atoms with van der Waals surface area (Å²) in [6.45, 7) is 4.49. The molecular formula is C42H44F2N12O2. The maximum atomic E-state index is 15.6. The number of piperidine rings is 2. The molecule has 298 valence electrons. The van der Waals surface area contributed by atoms with Crippen LogP contribution >= 0.6 is 0 Å². The van der Waals surface area contributed by atoms with Gasteiger partial charge in [-0.3, -0.25) is 19.8 Å². The summed E-state index contributed by atoms with van der Waals surface area (Å²) in [7, 11) is 0. The van der Waals surface area contributed by atoms with Gasteiger partial charge in [-0.25, -0.2) is 23.4 Å². The number of pyridine rings is 2. The zero-order chi connectivity index (χ0) is 40.6. The Labute approximate surface area is 334 Å². The van der Waals surface area contributed by atoms with E-state index < -0.39 is 23.3 Å². The van der Waals surface area contributed by atoms with E-state index in [0.29, 0.717) is 71.2 Å². The first-order valence-electron chi connectivity index (χ1n) is 19.8. The summed E-state index contributed by atoms with van der Waals surface area (Å²) in [6.07, 6.45) is 12.3. The topological polar surface area (TPSA) is 183 Å². The fraction of sp³-hybridized carbons (Fsp3) is 0.452. The Morgan fingerprint density at radius 1 is 1.03 bits per heavy atom. The number of anilines is 1. The number of carbonyl (C=O) groups is 2. The van der Waals surface area contributed by atoms with Crippen LogP contribution in [0.2, 0.25) is 0 Å². The second-order valence-corrected chi connectivity index (χ2v) is 16.2. The standard InChI is InChI=1S/C42H44F2N12O2/c1-26(19-45)50-34-18-37(56-39-31(22-49-56)17-28(20-46)21-48-39)47-23-36(34)55-24-35(52-53-55)30-5-3-27(4-6-30)12-15-54-16-13-33(42(43,44)25-54)29-7-9-32(10-8-29)41(2)14-11-38(57)51-40(41)58/h7-10,17-18,21-24,26-27,30,33H,3-6,11-16,25H2,1-2H3,(H,47,50)(H,51,57,58)/t26-,27?,30?,33+,41-/m1/s1. The lowest BCUT2D eigenvalue weighted by Gasteiger charge is -2.39. The third-order valence-electron chi connectivity index (χ3n) is 12.3. The Hall–Kier alpha value is -6.13. The van der Waals surface area contributed by atoms with Gasteiger partial charge in [-0.05, 0) is 95.0 Å². The van der Waals surface area contributed by atoms with Gasteiger partial charge in [0.2, 0.25) is 11.8 Å². The van der Waals surface area contributed by atoms with Gasteiger partial charge in [0.25, 0.3) is 5.92 Å². The van der Waals surface area contributed by atoms with Gasteiger partial charge in [0.05, 0.1) is 59.5 Å². The van der Waals surface area contributed by atoms with Crippen LogP contribution in [0, 0.1) is 28.6 Å². The van der Waals surface area contributed by atoms with Crippen LogP contribution in [0.1, 0.15) is 99.4 Å². The Kier molecular flexibility index (Phi) is 10.5.